The third kappa shape index (κ3) is 3.00. The lowest BCUT2D eigenvalue weighted by Gasteiger charge is -2.17. The average Bonchev–Trinajstić information content (AvgIpc) is 2.88. The molecule has 120 valence electrons. The summed E-state index contributed by atoms with van der Waals surface area (Å²) < 4.78 is 45.3. The van der Waals surface area contributed by atoms with E-state index < -0.39 is 15.8 Å². The van der Waals surface area contributed by atoms with E-state index in [1.54, 1.807) is 6.92 Å². The van der Waals surface area contributed by atoms with E-state index >= 15 is 0 Å². The average molecular weight is 333 g/mol. The maximum Gasteiger partial charge on any atom is 0.243 e. The van der Waals surface area contributed by atoms with Crippen molar-refractivity contribution in [3.63, 3.8) is 0 Å². The van der Waals surface area contributed by atoms with Crippen LogP contribution in [0.4, 0.5) is 4.39 Å². The van der Waals surface area contributed by atoms with Crippen molar-refractivity contribution in [3.05, 3.63) is 65.7 Å². The molecular weight excluding hydrogens is 317 g/mol. The van der Waals surface area contributed by atoms with Gasteiger partial charge in [0.25, 0.3) is 0 Å². The number of aryl methyl sites for hydroxylation is 1. The van der Waals surface area contributed by atoms with Gasteiger partial charge in [0.15, 0.2) is 0 Å². The molecule has 4 nitrogen and oxygen atoms in total. The molecular formula is C17H16FNO3S. The van der Waals surface area contributed by atoms with Crippen LogP contribution in [-0.2, 0) is 16.6 Å². The van der Waals surface area contributed by atoms with Gasteiger partial charge < -0.3 is 4.42 Å². The van der Waals surface area contributed by atoms with Crippen LogP contribution in [0.1, 0.15) is 11.3 Å². The Morgan fingerprint density at radius 3 is 2.57 bits per heavy atom. The van der Waals surface area contributed by atoms with E-state index in [4.69, 9.17) is 4.42 Å². The Morgan fingerprint density at radius 1 is 1.13 bits per heavy atom. The molecule has 0 aliphatic rings. The number of fused-ring (bicyclic) bond motifs is 1. The van der Waals surface area contributed by atoms with Crippen LogP contribution in [0.25, 0.3) is 11.0 Å². The number of rotatable bonds is 4. The molecule has 0 radical (unpaired) electrons. The van der Waals surface area contributed by atoms with Gasteiger partial charge in [-0.3, -0.25) is 0 Å². The van der Waals surface area contributed by atoms with Crippen molar-refractivity contribution in [2.75, 3.05) is 7.05 Å². The Balaban J connectivity index is 1.90. The van der Waals surface area contributed by atoms with Crippen LogP contribution in [0, 0.1) is 12.7 Å². The van der Waals surface area contributed by atoms with Crippen LogP contribution >= 0.6 is 0 Å². The summed E-state index contributed by atoms with van der Waals surface area (Å²) >= 11 is 0. The summed E-state index contributed by atoms with van der Waals surface area (Å²) in [4.78, 5) is 0.0949. The normalized spacial score (nSPS) is 12.2. The fourth-order valence-corrected chi connectivity index (χ4v) is 3.83. The molecule has 0 saturated heterocycles. The van der Waals surface area contributed by atoms with Gasteiger partial charge >= 0.3 is 0 Å². The molecule has 2 aromatic carbocycles. The van der Waals surface area contributed by atoms with Crippen LogP contribution < -0.4 is 0 Å². The highest BCUT2D eigenvalue weighted by atomic mass is 32.2. The van der Waals surface area contributed by atoms with Crippen LogP contribution in [0.2, 0.25) is 0 Å². The zero-order chi connectivity index (χ0) is 16.6. The second-order valence-corrected chi connectivity index (χ2v) is 7.43. The van der Waals surface area contributed by atoms with Crippen LogP contribution in [-0.4, -0.2) is 19.8 Å². The number of hydrogen-bond donors (Lipinski definition) is 0. The maximum atomic E-state index is 13.2. The van der Waals surface area contributed by atoms with E-state index in [1.165, 1.54) is 23.5 Å². The number of furan rings is 1. The standard InChI is InChI=1S/C17H16FNO3S/c1-12-9-14(18)7-8-17(12)23(20,21)19(2)11-15-10-13-5-3-4-6-16(13)22-15/h3-10H,11H2,1-2H3. The molecule has 3 aromatic rings. The maximum absolute atomic E-state index is 13.2. The molecule has 23 heavy (non-hydrogen) atoms. The first-order valence-corrected chi connectivity index (χ1v) is 8.52. The molecule has 0 aliphatic carbocycles. The van der Waals surface area contributed by atoms with Crippen molar-refractivity contribution in [1.82, 2.24) is 4.31 Å². The monoisotopic (exact) mass is 333 g/mol. The molecule has 0 saturated carbocycles. The molecule has 0 atom stereocenters. The second kappa shape index (κ2) is 5.79. The largest absolute Gasteiger partial charge is 0.460 e. The van der Waals surface area contributed by atoms with Crippen molar-refractivity contribution < 1.29 is 17.2 Å². The zero-order valence-corrected chi connectivity index (χ0v) is 13.6. The zero-order valence-electron chi connectivity index (χ0n) is 12.8. The number of benzene rings is 2. The third-order valence-electron chi connectivity index (χ3n) is 3.68. The van der Waals surface area contributed by atoms with E-state index in [0.29, 0.717) is 16.9 Å². The van der Waals surface area contributed by atoms with Crippen LogP contribution in [0.3, 0.4) is 0 Å². The summed E-state index contributed by atoms with van der Waals surface area (Å²) in [6, 6.07) is 12.9. The number of halogens is 1. The lowest BCUT2D eigenvalue weighted by atomic mass is 10.2. The van der Waals surface area contributed by atoms with Gasteiger partial charge in [0, 0.05) is 12.4 Å². The first-order valence-electron chi connectivity index (χ1n) is 7.08. The van der Waals surface area contributed by atoms with Crippen LogP contribution in [0.15, 0.2) is 57.8 Å². The lowest BCUT2D eigenvalue weighted by molar-refractivity contribution is 0.417. The molecule has 0 aliphatic heterocycles. The minimum atomic E-state index is -3.72. The Kier molecular flexibility index (Phi) is 3.95. The quantitative estimate of drug-likeness (QED) is 0.731. The Labute approximate surface area is 134 Å². The summed E-state index contributed by atoms with van der Waals surface area (Å²) in [5.74, 6) is 0.0958. The summed E-state index contributed by atoms with van der Waals surface area (Å²) in [7, 11) is -2.24. The second-order valence-electron chi connectivity index (χ2n) is 5.42. The van der Waals surface area contributed by atoms with Crippen molar-refractivity contribution in [2.45, 2.75) is 18.4 Å². The first-order chi connectivity index (χ1) is 10.9. The topological polar surface area (TPSA) is 50.5 Å². The SMILES string of the molecule is Cc1cc(F)ccc1S(=O)(=O)N(C)Cc1cc2ccccc2o1. The van der Waals surface area contributed by atoms with E-state index in [-0.39, 0.29) is 11.4 Å². The predicted molar refractivity (Wildman–Crippen MR) is 86.0 cm³/mol. The van der Waals surface area contributed by atoms with E-state index in [1.807, 2.05) is 30.3 Å². The van der Waals surface area contributed by atoms with E-state index in [2.05, 4.69) is 0 Å². The van der Waals surface area contributed by atoms with Gasteiger partial charge in [0.1, 0.15) is 17.2 Å². The molecule has 0 spiro atoms. The fourth-order valence-electron chi connectivity index (χ4n) is 2.49. The number of para-hydroxylation sites is 1. The summed E-state index contributed by atoms with van der Waals surface area (Å²) in [5.41, 5.74) is 1.09. The Morgan fingerprint density at radius 2 is 1.87 bits per heavy atom. The lowest BCUT2D eigenvalue weighted by Crippen LogP contribution is -2.27. The van der Waals surface area contributed by atoms with Gasteiger partial charge in [-0.05, 0) is 42.8 Å². The molecule has 0 amide bonds. The fraction of sp³-hybridized carbons (Fsp3) is 0.176. The highest BCUT2D eigenvalue weighted by Crippen LogP contribution is 2.24. The minimum Gasteiger partial charge on any atom is -0.460 e. The third-order valence-corrected chi connectivity index (χ3v) is 5.64. The van der Waals surface area contributed by atoms with Gasteiger partial charge in [0.2, 0.25) is 10.0 Å². The van der Waals surface area contributed by atoms with Gasteiger partial charge in [-0.2, -0.15) is 4.31 Å². The molecule has 0 unspecified atom stereocenters. The Bertz CT molecular complexity index is 930. The Hall–Kier alpha value is -2.18. The van der Waals surface area contributed by atoms with Gasteiger partial charge in [-0.1, -0.05) is 18.2 Å². The minimum absolute atomic E-state index is 0.0949. The van der Waals surface area contributed by atoms with Gasteiger partial charge in [0.05, 0.1) is 11.4 Å². The van der Waals surface area contributed by atoms with E-state index in [0.717, 1.165) is 11.5 Å². The number of nitrogens with zero attached hydrogens (tertiary/aromatic N) is 1. The van der Waals surface area contributed by atoms with Crippen molar-refractivity contribution in [1.29, 1.82) is 0 Å². The van der Waals surface area contributed by atoms with Gasteiger partial charge in [-0.15, -0.1) is 0 Å². The first kappa shape index (κ1) is 15.7. The molecule has 0 N–H and O–H groups in total. The predicted octanol–water partition coefficient (Wildman–Crippen LogP) is 3.70. The van der Waals surface area contributed by atoms with Crippen LogP contribution in [0.5, 0.6) is 0 Å². The van der Waals surface area contributed by atoms with Crippen molar-refractivity contribution in [3.8, 4) is 0 Å². The highest BCUT2D eigenvalue weighted by Gasteiger charge is 2.24. The molecule has 1 aromatic heterocycles. The molecule has 0 fully saturated rings. The summed E-state index contributed by atoms with van der Waals surface area (Å²) in [6.45, 7) is 1.68. The molecule has 1 heterocycles. The number of hydrogen-bond acceptors (Lipinski definition) is 3. The molecule has 3 rings (SSSR count). The summed E-state index contributed by atoms with van der Waals surface area (Å²) in [6.07, 6.45) is 0. The summed E-state index contributed by atoms with van der Waals surface area (Å²) in [5, 5.41) is 0.922. The molecule has 0 bridgehead atoms. The molecule has 6 heteroatoms. The van der Waals surface area contributed by atoms with E-state index in [9.17, 15) is 12.8 Å². The number of sulfonamides is 1. The van der Waals surface area contributed by atoms with Crippen molar-refractivity contribution in [2.24, 2.45) is 0 Å². The highest BCUT2D eigenvalue weighted by molar-refractivity contribution is 7.89. The van der Waals surface area contributed by atoms with Gasteiger partial charge in [-0.25, -0.2) is 12.8 Å². The van der Waals surface area contributed by atoms with Crippen molar-refractivity contribution >= 4 is 21.0 Å². The smallest absolute Gasteiger partial charge is 0.243 e.